The molecule has 1 amide bonds. The second-order valence-electron chi connectivity index (χ2n) is 6.07. The molecule has 0 unspecified atom stereocenters. The van der Waals surface area contributed by atoms with E-state index in [0.717, 1.165) is 5.69 Å². The van der Waals surface area contributed by atoms with E-state index in [1.165, 1.54) is 29.5 Å². The van der Waals surface area contributed by atoms with E-state index in [-0.39, 0.29) is 17.7 Å². The zero-order chi connectivity index (χ0) is 20.3. The average Bonchev–Trinajstić information content (AvgIpc) is 2.70. The molecule has 8 heteroatoms. The number of pyridine rings is 1. The second kappa shape index (κ2) is 7.91. The lowest BCUT2D eigenvalue weighted by Gasteiger charge is -2.18. The van der Waals surface area contributed by atoms with E-state index in [9.17, 15) is 14.4 Å². The minimum Gasteiger partial charge on any atom is -0.456 e. The number of aromatic nitrogens is 2. The highest BCUT2D eigenvalue weighted by Gasteiger charge is 2.20. The molecule has 0 aliphatic rings. The number of ether oxygens (including phenoxy) is 2. The first-order valence-corrected chi connectivity index (χ1v) is 8.48. The van der Waals surface area contributed by atoms with Crippen LogP contribution in [0.4, 0.5) is 10.5 Å². The molecule has 3 rings (SSSR count). The average molecular weight is 381 g/mol. The summed E-state index contributed by atoms with van der Waals surface area (Å²) >= 11 is 0. The number of hydrogen-bond donors (Lipinski definition) is 0. The van der Waals surface area contributed by atoms with Gasteiger partial charge in [-0.25, -0.2) is 14.6 Å². The van der Waals surface area contributed by atoms with E-state index in [2.05, 4.69) is 9.72 Å². The van der Waals surface area contributed by atoms with Crippen molar-refractivity contribution in [1.82, 2.24) is 9.38 Å². The van der Waals surface area contributed by atoms with Gasteiger partial charge in [0.25, 0.3) is 5.56 Å². The molecule has 2 heterocycles. The van der Waals surface area contributed by atoms with Crippen LogP contribution in [0.1, 0.15) is 21.7 Å². The maximum Gasteiger partial charge on any atom is 0.413 e. The number of fused-ring (bicyclic) bond motifs is 1. The molecule has 144 valence electrons. The van der Waals surface area contributed by atoms with Gasteiger partial charge in [-0.05, 0) is 31.2 Å². The van der Waals surface area contributed by atoms with Gasteiger partial charge in [-0.2, -0.15) is 0 Å². The topological polar surface area (TPSA) is 90.2 Å². The van der Waals surface area contributed by atoms with Crippen LogP contribution in [0.25, 0.3) is 5.65 Å². The lowest BCUT2D eigenvalue weighted by Crippen LogP contribution is -2.27. The van der Waals surface area contributed by atoms with Crippen molar-refractivity contribution in [2.24, 2.45) is 0 Å². The summed E-state index contributed by atoms with van der Waals surface area (Å²) in [6.07, 6.45) is -0.611. The number of para-hydroxylation sites is 1. The normalized spacial score (nSPS) is 10.5. The number of amides is 1. The first kappa shape index (κ1) is 19.1. The molecule has 1 aromatic carbocycles. The SMILES string of the molecule is COC(=O)N(C)c1ccccc1C(=O)OCc1cc(=O)n2c(C)cccc2n1. The van der Waals surface area contributed by atoms with Crippen molar-refractivity contribution >= 4 is 23.4 Å². The van der Waals surface area contributed by atoms with Crippen LogP contribution < -0.4 is 10.5 Å². The van der Waals surface area contributed by atoms with Crippen molar-refractivity contribution in [3.05, 3.63) is 75.8 Å². The Hall–Kier alpha value is -3.68. The summed E-state index contributed by atoms with van der Waals surface area (Å²) in [4.78, 5) is 42.2. The highest BCUT2D eigenvalue weighted by Crippen LogP contribution is 2.21. The maximum absolute atomic E-state index is 12.5. The number of aryl methyl sites for hydroxylation is 1. The Labute approximate surface area is 160 Å². The summed E-state index contributed by atoms with van der Waals surface area (Å²) in [6.45, 7) is 1.64. The van der Waals surface area contributed by atoms with Gasteiger partial charge in [0.05, 0.1) is 24.1 Å². The number of hydrogen-bond acceptors (Lipinski definition) is 6. The molecule has 0 aliphatic carbocycles. The van der Waals surface area contributed by atoms with Crippen LogP contribution in [0, 0.1) is 6.92 Å². The summed E-state index contributed by atoms with van der Waals surface area (Å²) in [6, 6.07) is 13.2. The lowest BCUT2D eigenvalue weighted by atomic mass is 10.1. The van der Waals surface area contributed by atoms with E-state index in [4.69, 9.17) is 4.74 Å². The van der Waals surface area contributed by atoms with Crippen molar-refractivity contribution in [3.8, 4) is 0 Å². The predicted molar refractivity (Wildman–Crippen MR) is 103 cm³/mol. The number of anilines is 1. The number of carbonyl (C=O) groups is 2. The van der Waals surface area contributed by atoms with Crippen molar-refractivity contribution in [3.63, 3.8) is 0 Å². The molecule has 0 radical (unpaired) electrons. The first-order valence-electron chi connectivity index (χ1n) is 8.48. The summed E-state index contributed by atoms with van der Waals surface area (Å²) in [7, 11) is 2.75. The van der Waals surface area contributed by atoms with E-state index < -0.39 is 12.1 Å². The van der Waals surface area contributed by atoms with Crippen LogP contribution in [0.15, 0.2) is 53.3 Å². The molecule has 0 saturated carbocycles. The van der Waals surface area contributed by atoms with Gasteiger partial charge in [-0.15, -0.1) is 0 Å². The smallest absolute Gasteiger partial charge is 0.413 e. The van der Waals surface area contributed by atoms with E-state index in [0.29, 0.717) is 17.0 Å². The lowest BCUT2D eigenvalue weighted by molar-refractivity contribution is 0.0468. The van der Waals surface area contributed by atoms with Gasteiger partial charge in [-0.1, -0.05) is 18.2 Å². The van der Waals surface area contributed by atoms with Gasteiger partial charge in [0.2, 0.25) is 0 Å². The number of carbonyl (C=O) groups excluding carboxylic acids is 2. The minimum absolute atomic E-state index is 0.172. The monoisotopic (exact) mass is 381 g/mol. The second-order valence-corrected chi connectivity index (χ2v) is 6.07. The van der Waals surface area contributed by atoms with Gasteiger partial charge in [-0.3, -0.25) is 14.1 Å². The Morgan fingerprint density at radius 3 is 2.64 bits per heavy atom. The molecule has 0 N–H and O–H groups in total. The van der Waals surface area contributed by atoms with Crippen LogP contribution in [-0.2, 0) is 16.1 Å². The molecular weight excluding hydrogens is 362 g/mol. The first-order chi connectivity index (χ1) is 13.4. The molecule has 2 aromatic heterocycles. The fraction of sp³-hybridized carbons (Fsp3) is 0.200. The third-order valence-electron chi connectivity index (χ3n) is 4.22. The number of esters is 1. The Kier molecular flexibility index (Phi) is 5.39. The third-order valence-corrected chi connectivity index (χ3v) is 4.22. The summed E-state index contributed by atoms with van der Waals surface area (Å²) in [5, 5.41) is 0. The van der Waals surface area contributed by atoms with E-state index >= 15 is 0 Å². The Morgan fingerprint density at radius 1 is 1.14 bits per heavy atom. The van der Waals surface area contributed by atoms with Crippen molar-refractivity contribution in [2.75, 3.05) is 19.1 Å². The molecule has 0 spiro atoms. The number of methoxy groups -OCH3 is 1. The molecule has 28 heavy (non-hydrogen) atoms. The number of nitrogens with zero attached hydrogens (tertiary/aromatic N) is 3. The molecule has 0 fully saturated rings. The summed E-state index contributed by atoms with van der Waals surface area (Å²) < 4.78 is 11.5. The fourth-order valence-corrected chi connectivity index (χ4v) is 2.83. The van der Waals surface area contributed by atoms with Gasteiger partial charge in [0.15, 0.2) is 0 Å². The molecule has 0 atom stereocenters. The summed E-state index contributed by atoms with van der Waals surface area (Å²) in [5.74, 6) is -0.641. The van der Waals surface area contributed by atoms with Crippen LogP contribution in [-0.4, -0.2) is 35.6 Å². The zero-order valence-corrected chi connectivity index (χ0v) is 15.7. The van der Waals surface area contributed by atoms with Gasteiger partial charge in [0, 0.05) is 18.8 Å². The molecule has 0 aliphatic heterocycles. The van der Waals surface area contributed by atoms with E-state index in [1.807, 2.05) is 13.0 Å². The quantitative estimate of drug-likeness (QED) is 0.645. The maximum atomic E-state index is 12.5. The Bertz CT molecular complexity index is 1110. The highest BCUT2D eigenvalue weighted by molar-refractivity contribution is 6.00. The van der Waals surface area contributed by atoms with Gasteiger partial charge in [0.1, 0.15) is 12.3 Å². The number of benzene rings is 1. The highest BCUT2D eigenvalue weighted by atomic mass is 16.5. The molecule has 0 saturated heterocycles. The van der Waals surface area contributed by atoms with Gasteiger partial charge >= 0.3 is 12.1 Å². The van der Waals surface area contributed by atoms with Crippen molar-refractivity contribution < 1.29 is 19.1 Å². The summed E-state index contributed by atoms with van der Waals surface area (Å²) in [5.41, 5.74) is 1.87. The van der Waals surface area contributed by atoms with Gasteiger partial charge < -0.3 is 9.47 Å². The standard InChI is InChI=1S/C20H19N3O5/c1-13-7-6-10-17-21-14(11-18(24)23(13)17)12-28-19(25)15-8-4-5-9-16(15)22(2)20(26)27-3/h4-11H,12H2,1-3H3. The molecule has 3 aromatic rings. The van der Waals surface area contributed by atoms with Crippen LogP contribution >= 0.6 is 0 Å². The third kappa shape index (κ3) is 3.71. The zero-order valence-electron chi connectivity index (χ0n) is 15.7. The largest absolute Gasteiger partial charge is 0.456 e. The molecule has 8 nitrogen and oxygen atoms in total. The predicted octanol–water partition coefficient (Wildman–Crippen LogP) is 2.56. The fourth-order valence-electron chi connectivity index (χ4n) is 2.83. The number of rotatable bonds is 4. The molecule has 0 bridgehead atoms. The van der Waals surface area contributed by atoms with Crippen molar-refractivity contribution in [2.45, 2.75) is 13.5 Å². The van der Waals surface area contributed by atoms with Crippen LogP contribution in [0.5, 0.6) is 0 Å². The molecular formula is C20H19N3O5. The van der Waals surface area contributed by atoms with Crippen LogP contribution in [0.3, 0.4) is 0 Å². The van der Waals surface area contributed by atoms with Crippen LogP contribution in [0.2, 0.25) is 0 Å². The Balaban J connectivity index is 1.83. The Morgan fingerprint density at radius 2 is 1.89 bits per heavy atom. The van der Waals surface area contributed by atoms with Crippen molar-refractivity contribution in [1.29, 1.82) is 0 Å². The van der Waals surface area contributed by atoms with E-state index in [1.54, 1.807) is 36.4 Å². The minimum atomic E-state index is -0.641.